The molecule has 0 unspecified atom stereocenters. The second-order valence-electron chi connectivity index (χ2n) is 3.82. The molecule has 6 heteroatoms. The summed E-state index contributed by atoms with van der Waals surface area (Å²) < 4.78 is 5.50. The van der Waals surface area contributed by atoms with Gasteiger partial charge in [0.25, 0.3) is 0 Å². The molecule has 0 aliphatic rings. The van der Waals surface area contributed by atoms with Crippen LogP contribution in [0.2, 0.25) is 5.02 Å². The molecule has 1 aromatic carbocycles. The Bertz CT molecular complexity index is 606. The van der Waals surface area contributed by atoms with Crippen LogP contribution in [0.5, 0.6) is 5.75 Å². The molecule has 0 radical (unpaired) electrons. The van der Waals surface area contributed by atoms with Crippen molar-refractivity contribution < 1.29 is 14.6 Å². The number of benzene rings is 1. The van der Waals surface area contributed by atoms with Crippen molar-refractivity contribution in [3.63, 3.8) is 0 Å². The van der Waals surface area contributed by atoms with Crippen molar-refractivity contribution in [1.82, 2.24) is 4.98 Å². The van der Waals surface area contributed by atoms with E-state index in [0.717, 1.165) is 5.03 Å². The molecule has 1 N–H and O–H groups in total. The quantitative estimate of drug-likeness (QED) is 0.652. The Morgan fingerprint density at radius 2 is 2.20 bits per heavy atom. The van der Waals surface area contributed by atoms with Crippen LogP contribution in [0.15, 0.2) is 47.6 Å². The third-order valence-electron chi connectivity index (χ3n) is 2.40. The monoisotopic (exact) mass is 309 g/mol. The summed E-state index contributed by atoms with van der Waals surface area (Å²) in [5.74, 6) is 0.247. The highest BCUT2D eigenvalue weighted by atomic mass is 35.5. The van der Waals surface area contributed by atoms with Gasteiger partial charge < -0.3 is 9.84 Å². The van der Waals surface area contributed by atoms with Gasteiger partial charge in [0.1, 0.15) is 10.8 Å². The molecule has 0 saturated carbocycles. The third-order valence-corrected chi connectivity index (χ3v) is 3.78. The second-order valence-corrected chi connectivity index (χ2v) is 5.31. The average molecular weight is 310 g/mol. The van der Waals surface area contributed by atoms with Gasteiger partial charge in [-0.3, -0.25) is 0 Å². The fourth-order valence-corrected chi connectivity index (χ4v) is 2.48. The summed E-state index contributed by atoms with van der Waals surface area (Å²) in [5, 5.41) is 10.3. The Morgan fingerprint density at radius 1 is 1.35 bits per heavy atom. The number of halogens is 1. The van der Waals surface area contributed by atoms with E-state index in [1.54, 1.807) is 30.5 Å². The van der Waals surface area contributed by atoms with Gasteiger partial charge >= 0.3 is 5.97 Å². The Hall–Kier alpha value is -1.72. The van der Waals surface area contributed by atoms with Crippen LogP contribution in [0.25, 0.3) is 0 Å². The molecule has 2 aromatic rings. The number of hydrogen-bond donors (Lipinski definition) is 1. The van der Waals surface area contributed by atoms with Crippen molar-refractivity contribution in [2.45, 2.75) is 5.03 Å². The lowest BCUT2D eigenvalue weighted by molar-refractivity contribution is 0.0696. The van der Waals surface area contributed by atoms with Crippen molar-refractivity contribution in [1.29, 1.82) is 0 Å². The summed E-state index contributed by atoms with van der Waals surface area (Å²) in [6.07, 6.45) is 1.69. The first kappa shape index (κ1) is 14.7. The highest BCUT2D eigenvalue weighted by molar-refractivity contribution is 7.99. The molecular weight excluding hydrogens is 298 g/mol. The zero-order valence-corrected chi connectivity index (χ0v) is 12.0. The fraction of sp³-hybridized carbons (Fsp3) is 0.143. The Morgan fingerprint density at radius 3 is 2.95 bits per heavy atom. The van der Waals surface area contributed by atoms with Gasteiger partial charge in [-0.15, -0.1) is 11.8 Å². The summed E-state index contributed by atoms with van der Waals surface area (Å²) >= 11 is 7.48. The van der Waals surface area contributed by atoms with E-state index in [4.69, 9.17) is 21.4 Å². The highest BCUT2D eigenvalue weighted by Gasteiger charge is 2.04. The van der Waals surface area contributed by atoms with Crippen LogP contribution in [-0.2, 0) is 0 Å². The average Bonchev–Trinajstić information content (AvgIpc) is 2.45. The topological polar surface area (TPSA) is 59.4 Å². The summed E-state index contributed by atoms with van der Waals surface area (Å²) in [5.41, 5.74) is 0.211. The van der Waals surface area contributed by atoms with Gasteiger partial charge in [0.15, 0.2) is 0 Å². The van der Waals surface area contributed by atoms with E-state index in [0.29, 0.717) is 23.1 Å². The van der Waals surface area contributed by atoms with Crippen LogP contribution in [0.1, 0.15) is 10.4 Å². The normalized spacial score (nSPS) is 10.2. The minimum atomic E-state index is -0.968. The molecule has 0 aliphatic heterocycles. The van der Waals surface area contributed by atoms with Gasteiger partial charge in [0.2, 0.25) is 0 Å². The van der Waals surface area contributed by atoms with E-state index in [2.05, 4.69) is 4.98 Å². The lowest BCUT2D eigenvalue weighted by atomic mass is 10.2. The molecule has 1 heterocycles. The molecule has 0 spiro atoms. The largest absolute Gasteiger partial charge is 0.493 e. The highest BCUT2D eigenvalue weighted by Crippen LogP contribution is 2.24. The number of rotatable bonds is 6. The molecule has 0 saturated heterocycles. The maximum absolute atomic E-state index is 10.8. The molecule has 0 aliphatic carbocycles. The van der Waals surface area contributed by atoms with Crippen LogP contribution < -0.4 is 4.74 Å². The fourth-order valence-electron chi connectivity index (χ4n) is 1.49. The van der Waals surface area contributed by atoms with Crippen molar-refractivity contribution >= 4 is 29.3 Å². The molecular formula is C14H12ClNO3S. The first-order chi connectivity index (χ1) is 9.66. The molecule has 2 rings (SSSR count). The number of thioether (sulfide) groups is 1. The maximum atomic E-state index is 10.8. The van der Waals surface area contributed by atoms with Gasteiger partial charge in [-0.2, -0.15) is 0 Å². The van der Waals surface area contributed by atoms with Crippen LogP contribution in [0.4, 0.5) is 0 Å². The number of carboxylic acids is 1. The zero-order valence-electron chi connectivity index (χ0n) is 10.5. The zero-order chi connectivity index (χ0) is 14.4. The number of carboxylic acid groups (broad SMARTS) is 1. The minimum Gasteiger partial charge on any atom is -0.493 e. The summed E-state index contributed by atoms with van der Waals surface area (Å²) in [6.45, 7) is 0.445. The first-order valence-corrected chi connectivity index (χ1v) is 7.22. The summed E-state index contributed by atoms with van der Waals surface area (Å²) in [6, 6.07) is 9.97. The van der Waals surface area contributed by atoms with Crippen LogP contribution in [-0.4, -0.2) is 28.4 Å². The molecule has 104 valence electrons. The first-order valence-electron chi connectivity index (χ1n) is 5.86. The Balaban J connectivity index is 1.83. The number of pyridine rings is 1. The van der Waals surface area contributed by atoms with Crippen LogP contribution in [0.3, 0.4) is 0 Å². The third kappa shape index (κ3) is 4.15. The van der Waals surface area contributed by atoms with Crippen molar-refractivity contribution in [3.05, 3.63) is 53.2 Å². The molecule has 0 atom stereocenters. The molecule has 0 bridgehead atoms. The summed E-state index contributed by atoms with van der Waals surface area (Å²) in [4.78, 5) is 15.0. The number of carbonyl (C=O) groups is 1. The van der Waals surface area contributed by atoms with Gasteiger partial charge in [0, 0.05) is 11.9 Å². The van der Waals surface area contributed by atoms with E-state index in [9.17, 15) is 4.79 Å². The molecule has 1 aromatic heterocycles. The maximum Gasteiger partial charge on any atom is 0.335 e. The standard InChI is InChI=1S/C14H12ClNO3S/c15-12-5-2-6-16-13(12)20-8-7-19-11-4-1-3-10(9-11)14(17)18/h1-6,9H,7-8H2,(H,17,18). The van der Waals surface area contributed by atoms with Crippen molar-refractivity contribution in [3.8, 4) is 5.75 Å². The lowest BCUT2D eigenvalue weighted by Crippen LogP contribution is -2.02. The number of hydrogen-bond acceptors (Lipinski definition) is 4. The minimum absolute atomic E-state index is 0.211. The predicted octanol–water partition coefficient (Wildman–Crippen LogP) is 3.60. The summed E-state index contributed by atoms with van der Waals surface area (Å²) in [7, 11) is 0. The lowest BCUT2D eigenvalue weighted by Gasteiger charge is -2.07. The van der Waals surface area contributed by atoms with Gasteiger partial charge in [-0.05, 0) is 30.3 Å². The van der Waals surface area contributed by atoms with Crippen molar-refractivity contribution in [2.75, 3.05) is 12.4 Å². The molecule has 0 fully saturated rings. The van der Waals surface area contributed by atoms with E-state index in [-0.39, 0.29) is 5.56 Å². The van der Waals surface area contributed by atoms with Gasteiger partial charge in [-0.25, -0.2) is 9.78 Å². The smallest absolute Gasteiger partial charge is 0.335 e. The second kappa shape index (κ2) is 7.17. The number of aromatic nitrogens is 1. The Kier molecular flexibility index (Phi) is 5.26. The van der Waals surface area contributed by atoms with Crippen LogP contribution in [0, 0.1) is 0 Å². The van der Waals surface area contributed by atoms with Gasteiger partial charge in [-0.1, -0.05) is 17.7 Å². The van der Waals surface area contributed by atoms with E-state index < -0.39 is 5.97 Å². The van der Waals surface area contributed by atoms with Gasteiger partial charge in [0.05, 0.1) is 17.2 Å². The molecule has 4 nitrogen and oxygen atoms in total. The van der Waals surface area contributed by atoms with Crippen LogP contribution >= 0.6 is 23.4 Å². The SMILES string of the molecule is O=C(O)c1cccc(OCCSc2ncccc2Cl)c1. The van der Waals surface area contributed by atoms with E-state index in [1.807, 2.05) is 0 Å². The van der Waals surface area contributed by atoms with E-state index >= 15 is 0 Å². The molecule has 20 heavy (non-hydrogen) atoms. The molecule has 0 amide bonds. The number of nitrogens with zero attached hydrogens (tertiary/aromatic N) is 1. The number of aromatic carboxylic acids is 1. The van der Waals surface area contributed by atoms with Crippen molar-refractivity contribution in [2.24, 2.45) is 0 Å². The Labute approximate surface area is 125 Å². The van der Waals surface area contributed by atoms with E-state index in [1.165, 1.54) is 23.9 Å². The predicted molar refractivity (Wildman–Crippen MR) is 78.9 cm³/mol. The number of ether oxygens (including phenoxy) is 1.